The number of fused-ring (bicyclic) bond motifs is 1. The summed E-state index contributed by atoms with van der Waals surface area (Å²) in [5, 5.41) is 10.5. The fourth-order valence-electron chi connectivity index (χ4n) is 1.74. The molecule has 0 bridgehead atoms. The second-order valence-electron chi connectivity index (χ2n) is 3.68. The SMILES string of the molecule is O=C(O)c1csc2nc(-c3ccccc3F)cn12. The van der Waals surface area contributed by atoms with Crippen LogP contribution in [0.2, 0.25) is 0 Å². The van der Waals surface area contributed by atoms with Crippen LogP contribution in [0.5, 0.6) is 0 Å². The summed E-state index contributed by atoms with van der Waals surface area (Å²) in [5.41, 5.74) is 0.928. The predicted molar refractivity (Wildman–Crippen MR) is 65.4 cm³/mol. The number of imidazole rings is 1. The summed E-state index contributed by atoms with van der Waals surface area (Å²) in [6.07, 6.45) is 1.54. The first-order chi connectivity index (χ1) is 8.66. The average molecular weight is 262 g/mol. The topological polar surface area (TPSA) is 54.6 Å². The van der Waals surface area contributed by atoms with Gasteiger partial charge >= 0.3 is 5.97 Å². The second kappa shape index (κ2) is 3.92. The van der Waals surface area contributed by atoms with Crippen molar-refractivity contribution in [2.75, 3.05) is 0 Å². The van der Waals surface area contributed by atoms with E-state index >= 15 is 0 Å². The molecule has 0 atom stereocenters. The zero-order chi connectivity index (χ0) is 12.7. The smallest absolute Gasteiger partial charge is 0.353 e. The van der Waals surface area contributed by atoms with Crippen molar-refractivity contribution in [2.24, 2.45) is 0 Å². The number of aromatic carboxylic acids is 1. The lowest BCUT2D eigenvalue weighted by Crippen LogP contribution is -1.99. The standard InChI is InChI=1S/C12H7FN2O2S/c13-8-4-2-1-3-7(8)9-5-15-10(11(16)17)6-18-12(15)14-9/h1-6H,(H,16,17). The Morgan fingerprint density at radius 2 is 2.17 bits per heavy atom. The van der Waals surface area contributed by atoms with Gasteiger partial charge in [0.25, 0.3) is 0 Å². The number of thiazole rings is 1. The van der Waals surface area contributed by atoms with Crippen molar-refractivity contribution in [3.05, 3.63) is 47.4 Å². The summed E-state index contributed by atoms with van der Waals surface area (Å²) >= 11 is 1.21. The first-order valence-corrected chi connectivity index (χ1v) is 5.99. The van der Waals surface area contributed by atoms with Crippen LogP contribution in [0.15, 0.2) is 35.8 Å². The van der Waals surface area contributed by atoms with E-state index in [1.165, 1.54) is 33.4 Å². The van der Waals surface area contributed by atoms with E-state index in [0.717, 1.165) is 0 Å². The number of nitrogens with zero attached hydrogens (tertiary/aromatic N) is 2. The normalized spacial score (nSPS) is 10.9. The summed E-state index contributed by atoms with van der Waals surface area (Å²) in [5.74, 6) is -1.40. The highest BCUT2D eigenvalue weighted by molar-refractivity contribution is 7.15. The van der Waals surface area contributed by atoms with Crippen LogP contribution in [0.3, 0.4) is 0 Å². The van der Waals surface area contributed by atoms with E-state index in [1.54, 1.807) is 18.2 Å². The molecule has 6 heteroatoms. The highest BCUT2D eigenvalue weighted by Gasteiger charge is 2.15. The molecule has 0 radical (unpaired) electrons. The molecule has 0 spiro atoms. The Morgan fingerprint density at radius 3 is 2.89 bits per heavy atom. The molecule has 0 aliphatic rings. The molecule has 0 unspecified atom stereocenters. The van der Waals surface area contributed by atoms with Gasteiger partial charge in [-0.2, -0.15) is 0 Å². The Balaban J connectivity index is 2.20. The van der Waals surface area contributed by atoms with E-state index < -0.39 is 5.97 Å². The van der Waals surface area contributed by atoms with E-state index in [1.807, 2.05) is 0 Å². The number of rotatable bonds is 2. The van der Waals surface area contributed by atoms with Crippen LogP contribution in [0.1, 0.15) is 10.5 Å². The van der Waals surface area contributed by atoms with E-state index in [9.17, 15) is 9.18 Å². The number of aromatic nitrogens is 2. The molecule has 2 aromatic heterocycles. The number of carbonyl (C=O) groups is 1. The minimum absolute atomic E-state index is 0.130. The van der Waals surface area contributed by atoms with Crippen LogP contribution >= 0.6 is 11.3 Å². The molecule has 3 rings (SSSR count). The van der Waals surface area contributed by atoms with Crippen molar-refractivity contribution in [3.63, 3.8) is 0 Å². The molecule has 2 heterocycles. The molecule has 4 nitrogen and oxygen atoms in total. The lowest BCUT2D eigenvalue weighted by atomic mass is 10.1. The van der Waals surface area contributed by atoms with Crippen LogP contribution in [0, 0.1) is 5.82 Å². The maximum atomic E-state index is 13.6. The summed E-state index contributed by atoms with van der Waals surface area (Å²) in [6, 6.07) is 6.27. The molecule has 90 valence electrons. The highest BCUT2D eigenvalue weighted by atomic mass is 32.1. The van der Waals surface area contributed by atoms with Crippen molar-refractivity contribution >= 4 is 22.3 Å². The Morgan fingerprint density at radius 1 is 1.39 bits per heavy atom. The number of carboxylic acid groups (broad SMARTS) is 1. The van der Waals surface area contributed by atoms with E-state index in [4.69, 9.17) is 5.11 Å². The number of benzene rings is 1. The highest BCUT2D eigenvalue weighted by Crippen LogP contribution is 2.25. The van der Waals surface area contributed by atoms with Crippen molar-refractivity contribution in [1.29, 1.82) is 0 Å². The zero-order valence-electron chi connectivity index (χ0n) is 9.00. The Labute approximate surface area is 105 Å². The van der Waals surface area contributed by atoms with Gasteiger partial charge in [-0.3, -0.25) is 4.40 Å². The van der Waals surface area contributed by atoms with Gasteiger partial charge in [-0.1, -0.05) is 12.1 Å². The van der Waals surface area contributed by atoms with Gasteiger partial charge in [0.1, 0.15) is 11.5 Å². The van der Waals surface area contributed by atoms with Crippen LogP contribution < -0.4 is 0 Å². The lowest BCUT2D eigenvalue weighted by molar-refractivity contribution is 0.0689. The number of hydrogen-bond acceptors (Lipinski definition) is 3. The zero-order valence-corrected chi connectivity index (χ0v) is 9.82. The van der Waals surface area contributed by atoms with Gasteiger partial charge in [0.15, 0.2) is 4.96 Å². The van der Waals surface area contributed by atoms with Crippen LogP contribution in [-0.4, -0.2) is 20.5 Å². The first-order valence-electron chi connectivity index (χ1n) is 5.11. The van der Waals surface area contributed by atoms with Crippen molar-refractivity contribution < 1.29 is 14.3 Å². The number of halogens is 1. The van der Waals surface area contributed by atoms with Gasteiger partial charge < -0.3 is 5.11 Å². The Kier molecular flexibility index (Phi) is 2.38. The van der Waals surface area contributed by atoms with Gasteiger partial charge in [-0.15, -0.1) is 11.3 Å². The van der Waals surface area contributed by atoms with Gasteiger partial charge in [0.2, 0.25) is 0 Å². The summed E-state index contributed by atoms with van der Waals surface area (Å²) in [7, 11) is 0. The van der Waals surface area contributed by atoms with Gasteiger partial charge in [-0.05, 0) is 12.1 Å². The molecular formula is C12H7FN2O2S. The molecule has 0 saturated carbocycles. The third-order valence-corrected chi connectivity index (χ3v) is 3.42. The molecular weight excluding hydrogens is 255 g/mol. The quantitative estimate of drug-likeness (QED) is 0.772. The number of hydrogen-bond donors (Lipinski definition) is 1. The Hall–Kier alpha value is -2.21. The monoisotopic (exact) mass is 262 g/mol. The molecule has 18 heavy (non-hydrogen) atoms. The minimum atomic E-state index is -1.03. The minimum Gasteiger partial charge on any atom is -0.477 e. The van der Waals surface area contributed by atoms with Crippen molar-refractivity contribution in [2.45, 2.75) is 0 Å². The molecule has 0 aliphatic carbocycles. The maximum absolute atomic E-state index is 13.6. The van der Waals surface area contributed by atoms with Crippen LogP contribution in [0.25, 0.3) is 16.2 Å². The fraction of sp³-hybridized carbons (Fsp3) is 0. The first kappa shape index (κ1) is 10.9. The average Bonchev–Trinajstić information content (AvgIpc) is 2.88. The van der Waals surface area contributed by atoms with E-state index in [0.29, 0.717) is 16.2 Å². The van der Waals surface area contributed by atoms with E-state index in [2.05, 4.69) is 4.98 Å². The molecule has 1 N–H and O–H groups in total. The molecule has 0 amide bonds. The molecule has 3 aromatic rings. The molecule has 1 aromatic carbocycles. The van der Waals surface area contributed by atoms with Crippen molar-refractivity contribution in [3.8, 4) is 11.3 Å². The Bertz CT molecular complexity index is 747. The molecule has 0 fully saturated rings. The summed E-state index contributed by atoms with van der Waals surface area (Å²) < 4.78 is 15.1. The lowest BCUT2D eigenvalue weighted by Gasteiger charge is -1.97. The van der Waals surface area contributed by atoms with Gasteiger partial charge in [0, 0.05) is 17.1 Å². The van der Waals surface area contributed by atoms with Crippen LogP contribution in [-0.2, 0) is 0 Å². The third kappa shape index (κ3) is 1.58. The second-order valence-corrected chi connectivity index (χ2v) is 4.52. The number of carboxylic acids is 1. The van der Waals surface area contributed by atoms with Crippen LogP contribution in [0.4, 0.5) is 4.39 Å². The van der Waals surface area contributed by atoms with Gasteiger partial charge in [-0.25, -0.2) is 14.2 Å². The predicted octanol–water partition coefficient (Wildman–Crippen LogP) is 2.90. The summed E-state index contributed by atoms with van der Waals surface area (Å²) in [6.45, 7) is 0. The summed E-state index contributed by atoms with van der Waals surface area (Å²) in [4.78, 5) is 15.7. The van der Waals surface area contributed by atoms with Crippen molar-refractivity contribution in [1.82, 2.24) is 9.38 Å². The molecule has 0 saturated heterocycles. The fourth-order valence-corrected chi connectivity index (χ4v) is 2.58. The van der Waals surface area contributed by atoms with E-state index in [-0.39, 0.29) is 11.5 Å². The maximum Gasteiger partial charge on any atom is 0.353 e. The van der Waals surface area contributed by atoms with Gasteiger partial charge in [0.05, 0.1) is 5.69 Å². The third-order valence-electron chi connectivity index (χ3n) is 2.58. The molecule has 0 aliphatic heterocycles. The largest absolute Gasteiger partial charge is 0.477 e.